The molecule has 1 nitrogen and oxygen atoms in total. The summed E-state index contributed by atoms with van der Waals surface area (Å²) in [6, 6.07) is 26.7. The molecule has 0 heterocycles. The lowest BCUT2D eigenvalue weighted by Crippen LogP contribution is -1.85. The molecular weight excluding hydrogens is 326 g/mol. The summed E-state index contributed by atoms with van der Waals surface area (Å²) < 4.78 is 0. The number of nitriles is 1. The predicted molar refractivity (Wildman–Crippen MR) is 104 cm³/mol. The minimum atomic E-state index is 0.660. The summed E-state index contributed by atoms with van der Waals surface area (Å²) >= 11 is 6.63. The summed E-state index contributed by atoms with van der Waals surface area (Å²) in [6.07, 6.45) is 0. The van der Waals surface area contributed by atoms with Gasteiger partial charge in [-0.15, -0.1) is 0 Å². The number of benzene rings is 4. The molecule has 4 aromatic carbocycles. The Kier molecular flexibility index (Phi) is 2.98. The van der Waals surface area contributed by atoms with E-state index in [-0.39, 0.29) is 0 Å². The molecule has 0 fully saturated rings. The molecule has 0 N–H and O–H groups in total. The first-order chi connectivity index (χ1) is 12.3. The fraction of sp³-hybridized carbons (Fsp3) is 0. The van der Waals surface area contributed by atoms with Gasteiger partial charge in [-0.1, -0.05) is 66.2 Å². The van der Waals surface area contributed by atoms with Gasteiger partial charge in [-0.25, -0.2) is 0 Å². The van der Waals surface area contributed by atoms with Crippen LogP contribution in [-0.4, -0.2) is 0 Å². The third-order valence-electron chi connectivity index (χ3n) is 4.94. The lowest BCUT2D eigenvalue weighted by atomic mass is 9.94. The zero-order valence-corrected chi connectivity index (χ0v) is 14.0. The Labute approximate surface area is 150 Å². The molecule has 0 radical (unpaired) electrons. The third-order valence-corrected chi connectivity index (χ3v) is 5.26. The minimum Gasteiger partial charge on any atom is -0.192 e. The van der Waals surface area contributed by atoms with E-state index in [1.165, 1.54) is 27.6 Å². The van der Waals surface area contributed by atoms with Crippen LogP contribution in [0.15, 0.2) is 72.8 Å². The topological polar surface area (TPSA) is 23.8 Å². The molecule has 0 bridgehead atoms. The molecule has 0 amide bonds. The molecule has 0 spiro atoms. The maximum absolute atomic E-state index is 9.03. The van der Waals surface area contributed by atoms with Crippen molar-refractivity contribution in [2.75, 3.05) is 0 Å². The second-order valence-electron chi connectivity index (χ2n) is 6.24. The zero-order valence-electron chi connectivity index (χ0n) is 13.3. The SMILES string of the molecule is N#Cc1ccc(-c2ccc3c4c(ccc(Cl)c24)-c2ccccc2-3)cc1. The zero-order chi connectivity index (χ0) is 17.0. The molecule has 2 heteroatoms. The van der Waals surface area contributed by atoms with Crippen LogP contribution in [0.25, 0.3) is 44.2 Å². The van der Waals surface area contributed by atoms with E-state index in [1.807, 2.05) is 30.3 Å². The van der Waals surface area contributed by atoms with Gasteiger partial charge in [0.25, 0.3) is 0 Å². The van der Waals surface area contributed by atoms with Crippen molar-refractivity contribution in [3.05, 3.63) is 83.4 Å². The van der Waals surface area contributed by atoms with E-state index < -0.39 is 0 Å². The van der Waals surface area contributed by atoms with Gasteiger partial charge < -0.3 is 0 Å². The van der Waals surface area contributed by atoms with Crippen LogP contribution in [0.2, 0.25) is 5.02 Å². The van der Waals surface area contributed by atoms with E-state index in [2.05, 4.69) is 48.5 Å². The van der Waals surface area contributed by atoms with E-state index in [1.54, 1.807) is 0 Å². The van der Waals surface area contributed by atoms with Crippen molar-refractivity contribution in [2.45, 2.75) is 0 Å². The minimum absolute atomic E-state index is 0.660. The summed E-state index contributed by atoms with van der Waals surface area (Å²) in [4.78, 5) is 0. The molecule has 0 aromatic heterocycles. The van der Waals surface area contributed by atoms with Gasteiger partial charge in [0.2, 0.25) is 0 Å². The van der Waals surface area contributed by atoms with Crippen LogP contribution in [0.5, 0.6) is 0 Å². The van der Waals surface area contributed by atoms with Crippen LogP contribution < -0.4 is 0 Å². The number of hydrogen-bond donors (Lipinski definition) is 0. The van der Waals surface area contributed by atoms with E-state index >= 15 is 0 Å². The number of nitrogens with zero attached hydrogens (tertiary/aromatic N) is 1. The van der Waals surface area contributed by atoms with Gasteiger partial charge in [0, 0.05) is 10.4 Å². The Hall–Kier alpha value is -3.08. The Bertz CT molecular complexity index is 1170. The second kappa shape index (κ2) is 5.21. The average molecular weight is 338 g/mol. The smallest absolute Gasteiger partial charge is 0.0991 e. The van der Waals surface area contributed by atoms with E-state index in [4.69, 9.17) is 16.9 Å². The van der Waals surface area contributed by atoms with Gasteiger partial charge in [0.1, 0.15) is 0 Å². The van der Waals surface area contributed by atoms with Crippen molar-refractivity contribution in [3.8, 4) is 39.4 Å². The molecular formula is C23H12ClN. The van der Waals surface area contributed by atoms with Gasteiger partial charge in [-0.3, -0.25) is 0 Å². The summed E-state index contributed by atoms with van der Waals surface area (Å²) in [7, 11) is 0. The van der Waals surface area contributed by atoms with Gasteiger partial charge in [0.05, 0.1) is 11.6 Å². The standard InChI is InChI=1S/C23H12ClN/c24-21-12-11-20-18-4-2-1-3-17(18)19-10-9-16(23(21)22(19)20)15-7-5-14(13-25)6-8-15/h1-12H. The predicted octanol–water partition coefficient (Wildman–Crippen LogP) is 6.68. The van der Waals surface area contributed by atoms with Crippen LogP contribution in [0.1, 0.15) is 5.56 Å². The number of rotatable bonds is 1. The monoisotopic (exact) mass is 337 g/mol. The number of halogens is 1. The first kappa shape index (κ1) is 14.3. The Morgan fingerprint density at radius 1 is 0.600 bits per heavy atom. The molecule has 0 saturated carbocycles. The normalized spacial score (nSPS) is 11.4. The average Bonchev–Trinajstić information content (AvgIpc) is 3.00. The fourth-order valence-electron chi connectivity index (χ4n) is 3.82. The summed E-state index contributed by atoms with van der Waals surface area (Å²) in [5.74, 6) is 0. The summed E-state index contributed by atoms with van der Waals surface area (Å²) in [5, 5.41) is 12.1. The van der Waals surface area contributed by atoms with Gasteiger partial charge in [0.15, 0.2) is 0 Å². The Morgan fingerprint density at radius 2 is 1.20 bits per heavy atom. The largest absolute Gasteiger partial charge is 0.192 e. The molecule has 116 valence electrons. The van der Waals surface area contributed by atoms with Crippen molar-refractivity contribution in [1.29, 1.82) is 5.26 Å². The summed E-state index contributed by atoms with van der Waals surface area (Å²) in [5.41, 5.74) is 7.82. The number of hydrogen-bond acceptors (Lipinski definition) is 1. The molecule has 0 atom stereocenters. The van der Waals surface area contributed by atoms with Crippen LogP contribution in [0.3, 0.4) is 0 Å². The lowest BCUT2D eigenvalue weighted by molar-refractivity contribution is 1.48. The van der Waals surface area contributed by atoms with Crippen LogP contribution in [-0.2, 0) is 0 Å². The molecule has 1 aliphatic rings. The maximum Gasteiger partial charge on any atom is 0.0991 e. The molecule has 25 heavy (non-hydrogen) atoms. The molecule has 0 saturated heterocycles. The summed E-state index contributed by atoms with van der Waals surface area (Å²) in [6.45, 7) is 0. The third kappa shape index (κ3) is 1.95. The molecule has 4 aromatic rings. The molecule has 0 unspecified atom stereocenters. The van der Waals surface area contributed by atoms with E-state index in [0.29, 0.717) is 5.56 Å². The first-order valence-electron chi connectivity index (χ1n) is 8.13. The number of fused-ring (bicyclic) bond motifs is 3. The van der Waals surface area contributed by atoms with Crippen LogP contribution in [0.4, 0.5) is 0 Å². The van der Waals surface area contributed by atoms with Crippen molar-refractivity contribution in [1.82, 2.24) is 0 Å². The highest BCUT2D eigenvalue weighted by Gasteiger charge is 2.23. The van der Waals surface area contributed by atoms with Crippen molar-refractivity contribution in [2.24, 2.45) is 0 Å². The fourth-order valence-corrected chi connectivity index (χ4v) is 4.08. The van der Waals surface area contributed by atoms with Crippen molar-refractivity contribution < 1.29 is 0 Å². The quantitative estimate of drug-likeness (QED) is 0.334. The van der Waals surface area contributed by atoms with Crippen molar-refractivity contribution >= 4 is 22.4 Å². The lowest BCUT2D eigenvalue weighted by Gasteiger charge is -2.11. The van der Waals surface area contributed by atoms with Crippen LogP contribution >= 0.6 is 11.6 Å². The molecule has 0 aliphatic heterocycles. The maximum atomic E-state index is 9.03. The first-order valence-corrected chi connectivity index (χ1v) is 8.51. The van der Waals surface area contributed by atoms with Crippen LogP contribution in [0, 0.1) is 11.3 Å². The Morgan fingerprint density at radius 3 is 1.84 bits per heavy atom. The van der Waals surface area contributed by atoms with Gasteiger partial charge >= 0.3 is 0 Å². The highest BCUT2D eigenvalue weighted by atomic mass is 35.5. The van der Waals surface area contributed by atoms with Crippen molar-refractivity contribution in [3.63, 3.8) is 0 Å². The second-order valence-corrected chi connectivity index (χ2v) is 6.65. The van der Waals surface area contributed by atoms with Gasteiger partial charge in [-0.2, -0.15) is 5.26 Å². The Balaban J connectivity index is 1.87. The van der Waals surface area contributed by atoms with E-state index in [0.717, 1.165) is 21.5 Å². The highest BCUT2D eigenvalue weighted by molar-refractivity contribution is 6.38. The highest BCUT2D eigenvalue weighted by Crippen LogP contribution is 2.50. The van der Waals surface area contributed by atoms with E-state index in [9.17, 15) is 0 Å². The molecule has 1 aliphatic carbocycles. The molecule has 5 rings (SSSR count). The van der Waals surface area contributed by atoms with Gasteiger partial charge in [-0.05, 0) is 57.0 Å².